The normalized spacial score (nSPS) is 41.2. The highest BCUT2D eigenvalue weighted by molar-refractivity contribution is 4.90. The zero-order valence-corrected chi connectivity index (χ0v) is 6.29. The molecule has 0 aromatic carbocycles. The highest BCUT2D eigenvalue weighted by Gasteiger charge is 2.46. The van der Waals surface area contributed by atoms with Gasteiger partial charge in [-0.1, -0.05) is 0 Å². The summed E-state index contributed by atoms with van der Waals surface area (Å²) in [6.07, 6.45) is -4.17. The van der Waals surface area contributed by atoms with Gasteiger partial charge in [0.2, 0.25) is 5.79 Å². The lowest BCUT2D eigenvalue weighted by molar-refractivity contribution is -0.319. The Kier molecular flexibility index (Phi) is 2.67. The van der Waals surface area contributed by atoms with Crippen molar-refractivity contribution in [2.75, 3.05) is 13.2 Å². The number of aliphatic hydroxyl groups excluding tert-OH is 3. The van der Waals surface area contributed by atoms with Gasteiger partial charge >= 0.3 is 0 Å². The van der Waals surface area contributed by atoms with Crippen LogP contribution in [0, 0.1) is 0 Å². The number of rotatable bonds is 1. The molecule has 1 heterocycles. The van der Waals surface area contributed by atoms with Gasteiger partial charge in [0.25, 0.3) is 0 Å². The maximum atomic E-state index is 9.12. The SMILES string of the molecule is OCC1OCC(O)(O)[C@H](O)[C@@H]1O. The Labute approximate surface area is 68.6 Å². The molecule has 0 aromatic heterocycles. The van der Waals surface area contributed by atoms with E-state index in [-0.39, 0.29) is 0 Å². The smallest absolute Gasteiger partial charge is 0.216 e. The summed E-state index contributed by atoms with van der Waals surface area (Å²) in [5.41, 5.74) is 0. The molecule has 0 radical (unpaired) electrons. The topological polar surface area (TPSA) is 110 Å². The Balaban J connectivity index is 2.65. The summed E-state index contributed by atoms with van der Waals surface area (Å²) in [7, 11) is 0. The first-order chi connectivity index (χ1) is 5.49. The third kappa shape index (κ3) is 1.58. The van der Waals surface area contributed by atoms with Gasteiger partial charge in [-0.25, -0.2) is 0 Å². The molecule has 1 saturated heterocycles. The third-order valence-electron chi connectivity index (χ3n) is 1.87. The Morgan fingerprint density at radius 3 is 2.42 bits per heavy atom. The second kappa shape index (κ2) is 3.25. The Bertz CT molecular complexity index is 158. The second-order valence-corrected chi connectivity index (χ2v) is 2.85. The van der Waals surface area contributed by atoms with Crippen LogP contribution in [-0.2, 0) is 4.74 Å². The van der Waals surface area contributed by atoms with E-state index in [4.69, 9.17) is 25.5 Å². The molecule has 0 aromatic rings. The first-order valence-corrected chi connectivity index (χ1v) is 3.52. The van der Waals surface area contributed by atoms with E-state index in [0.717, 1.165) is 0 Å². The van der Waals surface area contributed by atoms with Crippen LogP contribution in [0.1, 0.15) is 0 Å². The van der Waals surface area contributed by atoms with Crippen molar-refractivity contribution < 1.29 is 30.3 Å². The highest BCUT2D eigenvalue weighted by atomic mass is 16.6. The Morgan fingerprint density at radius 1 is 1.33 bits per heavy atom. The van der Waals surface area contributed by atoms with E-state index >= 15 is 0 Å². The molecule has 6 heteroatoms. The minimum atomic E-state index is -2.44. The average molecular weight is 180 g/mol. The van der Waals surface area contributed by atoms with Crippen molar-refractivity contribution in [3.8, 4) is 0 Å². The molecule has 3 atom stereocenters. The zero-order valence-electron chi connectivity index (χ0n) is 6.29. The number of hydrogen-bond acceptors (Lipinski definition) is 6. The minimum Gasteiger partial charge on any atom is -0.394 e. The summed E-state index contributed by atoms with van der Waals surface area (Å²) in [6, 6.07) is 0. The minimum absolute atomic E-state index is 0.478. The summed E-state index contributed by atoms with van der Waals surface area (Å²) in [5, 5.41) is 44.7. The summed E-state index contributed by atoms with van der Waals surface area (Å²) in [5.74, 6) is -2.44. The molecule has 0 spiro atoms. The number of aliphatic hydroxyl groups is 5. The monoisotopic (exact) mass is 180 g/mol. The third-order valence-corrected chi connectivity index (χ3v) is 1.87. The molecule has 0 saturated carbocycles. The second-order valence-electron chi connectivity index (χ2n) is 2.85. The van der Waals surface area contributed by atoms with Crippen LogP contribution >= 0.6 is 0 Å². The quantitative estimate of drug-likeness (QED) is 0.271. The Morgan fingerprint density at radius 2 is 1.92 bits per heavy atom. The number of hydrogen-bond donors (Lipinski definition) is 5. The van der Waals surface area contributed by atoms with Crippen LogP contribution in [0.15, 0.2) is 0 Å². The molecule has 1 aliphatic rings. The van der Waals surface area contributed by atoms with Crippen LogP contribution < -0.4 is 0 Å². The van der Waals surface area contributed by atoms with Crippen molar-refractivity contribution in [3.63, 3.8) is 0 Å². The van der Waals surface area contributed by atoms with Gasteiger partial charge in [-0.2, -0.15) is 0 Å². The van der Waals surface area contributed by atoms with Crippen molar-refractivity contribution >= 4 is 0 Å². The largest absolute Gasteiger partial charge is 0.394 e. The fourth-order valence-corrected chi connectivity index (χ4v) is 1.05. The average Bonchev–Trinajstić information content (AvgIpc) is 2.01. The van der Waals surface area contributed by atoms with E-state index in [0.29, 0.717) is 0 Å². The van der Waals surface area contributed by atoms with Crippen molar-refractivity contribution in [2.45, 2.75) is 24.1 Å². The molecule has 72 valence electrons. The summed E-state index contributed by atoms with van der Waals surface area (Å²) >= 11 is 0. The summed E-state index contributed by atoms with van der Waals surface area (Å²) in [6.45, 7) is -1.01. The lowest BCUT2D eigenvalue weighted by Crippen LogP contribution is -2.61. The van der Waals surface area contributed by atoms with E-state index in [9.17, 15) is 0 Å². The molecule has 0 aliphatic carbocycles. The zero-order chi connectivity index (χ0) is 9.35. The van der Waals surface area contributed by atoms with E-state index in [1.165, 1.54) is 0 Å². The maximum absolute atomic E-state index is 9.12. The van der Waals surface area contributed by atoms with Crippen LogP contribution in [0.25, 0.3) is 0 Å². The molecule has 1 aliphatic heterocycles. The molecular weight excluding hydrogens is 168 g/mol. The molecule has 1 fully saturated rings. The number of ether oxygens (including phenoxy) is 1. The van der Waals surface area contributed by atoms with E-state index in [1.807, 2.05) is 0 Å². The molecular formula is C6H12O6. The fraction of sp³-hybridized carbons (Fsp3) is 1.00. The van der Waals surface area contributed by atoms with Crippen LogP contribution in [0.3, 0.4) is 0 Å². The summed E-state index contributed by atoms with van der Waals surface area (Å²) in [4.78, 5) is 0. The lowest BCUT2D eigenvalue weighted by atomic mass is 9.98. The fourth-order valence-electron chi connectivity index (χ4n) is 1.05. The van der Waals surface area contributed by atoms with Gasteiger partial charge in [-0.3, -0.25) is 0 Å². The molecule has 12 heavy (non-hydrogen) atoms. The first-order valence-electron chi connectivity index (χ1n) is 3.52. The standard InChI is InChI=1S/C6H12O6/c7-1-3-4(8)5(9)6(10,11)2-12-3/h3-5,7-11H,1-2H2/t3?,4-,5-/m1/s1. The van der Waals surface area contributed by atoms with Gasteiger partial charge in [0.15, 0.2) is 0 Å². The molecule has 0 amide bonds. The molecule has 5 N–H and O–H groups in total. The first kappa shape index (κ1) is 9.85. The maximum Gasteiger partial charge on any atom is 0.216 e. The van der Waals surface area contributed by atoms with E-state index < -0.39 is 37.3 Å². The molecule has 6 nitrogen and oxygen atoms in total. The highest BCUT2D eigenvalue weighted by Crippen LogP contribution is 2.21. The van der Waals surface area contributed by atoms with Crippen molar-refractivity contribution in [2.24, 2.45) is 0 Å². The van der Waals surface area contributed by atoms with Gasteiger partial charge in [0.1, 0.15) is 24.9 Å². The van der Waals surface area contributed by atoms with Crippen molar-refractivity contribution in [3.05, 3.63) is 0 Å². The van der Waals surface area contributed by atoms with E-state index in [2.05, 4.69) is 4.74 Å². The Hall–Kier alpha value is -0.240. The van der Waals surface area contributed by atoms with Gasteiger partial charge < -0.3 is 30.3 Å². The van der Waals surface area contributed by atoms with E-state index in [1.54, 1.807) is 0 Å². The summed E-state index contributed by atoms with van der Waals surface area (Å²) < 4.78 is 4.67. The van der Waals surface area contributed by atoms with Crippen LogP contribution in [0.2, 0.25) is 0 Å². The van der Waals surface area contributed by atoms with Gasteiger partial charge in [-0.15, -0.1) is 0 Å². The van der Waals surface area contributed by atoms with Crippen LogP contribution in [0.4, 0.5) is 0 Å². The predicted molar refractivity (Wildman–Crippen MR) is 36.0 cm³/mol. The molecule has 0 bridgehead atoms. The van der Waals surface area contributed by atoms with Gasteiger partial charge in [0, 0.05) is 0 Å². The van der Waals surface area contributed by atoms with Crippen molar-refractivity contribution in [1.29, 1.82) is 0 Å². The predicted octanol–water partition coefficient (Wildman–Crippen LogP) is -3.22. The van der Waals surface area contributed by atoms with Crippen molar-refractivity contribution in [1.82, 2.24) is 0 Å². The van der Waals surface area contributed by atoms with Gasteiger partial charge in [-0.05, 0) is 0 Å². The lowest BCUT2D eigenvalue weighted by Gasteiger charge is -2.39. The van der Waals surface area contributed by atoms with Crippen LogP contribution in [0.5, 0.6) is 0 Å². The molecule has 1 rings (SSSR count). The van der Waals surface area contributed by atoms with Gasteiger partial charge in [0.05, 0.1) is 6.61 Å². The van der Waals surface area contributed by atoms with Crippen LogP contribution in [-0.4, -0.2) is 62.8 Å². The molecule has 1 unspecified atom stereocenters.